The molecular weight excluding hydrogens is 352 g/mol. The van der Waals surface area contributed by atoms with E-state index in [9.17, 15) is 0 Å². The van der Waals surface area contributed by atoms with Gasteiger partial charge in [0.1, 0.15) is 0 Å². The average Bonchev–Trinajstić information content (AvgIpc) is 3.07. The van der Waals surface area contributed by atoms with Crippen molar-refractivity contribution in [1.82, 2.24) is 14.8 Å². The second-order valence-electron chi connectivity index (χ2n) is 5.48. The summed E-state index contributed by atoms with van der Waals surface area (Å²) in [6.07, 6.45) is 2.24. The molecule has 0 N–H and O–H groups in total. The van der Waals surface area contributed by atoms with Crippen molar-refractivity contribution in [3.05, 3.63) is 18.2 Å². The molecular formula is C18H24N4O3S. The molecule has 0 saturated carbocycles. The van der Waals surface area contributed by atoms with Gasteiger partial charge in [-0.1, -0.05) is 11.8 Å². The van der Waals surface area contributed by atoms with E-state index >= 15 is 0 Å². The summed E-state index contributed by atoms with van der Waals surface area (Å²) in [7, 11) is 4.92. The molecule has 0 saturated heterocycles. The number of unbranched alkanes of at least 4 members (excludes halogenated alkanes) is 1. The Morgan fingerprint density at radius 3 is 2.62 bits per heavy atom. The molecule has 8 heteroatoms. The topological polar surface area (TPSA) is 82.2 Å². The minimum atomic E-state index is 0.549. The molecule has 1 aromatic heterocycles. The minimum Gasteiger partial charge on any atom is -0.493 e. The van der Waals surface area contributed by atoms with Crippen molar-refractivity contribution in [3.8, 4) is 29.0 Å². The number of nitrogens with zero attached hydrogens (tertiary/aromatic N) is 4. The van der Waals surface area contributed by atoms with Crippen molar-refractivity contribution in [3.63, 3.8) is 0 Å². The molecule has 0 aliphatic carbocycles. The number of rotatable bonds is 11. The van der Waals surface area contributed by atoms with Crippen LogP contribution in [-0.4, -0.2) is 48.5 Å². The summed E-state index contributed by atoms with van der Waals surface area (Å²) in [5, 5.41) is 18.3. The number of ether oxygens (including phenoxy) is 3. The molecule has 0 radical (unpaired) electrons. The third kappa shape index (κ3) is 5.13. The third-order valence-electron chi connectivity index (χ3n) is 3.75. The number of benzene rings is 1. The van der Waals surface area contributed by atoms with Gasteiger partial charge in [-0.15, -0.1) is 10.2 Å². The van der Waals surface area contributed by atoms with Gasteiger partial charge in [0.2, 0.25) is 0 Å². The van der Waals surface area contributed by atoms with Gasteiger partial charge >= 0.3 is 0 Å². The van der Waals surface area contributed by atoms with Crippen LogP contribution in [0.2, 0.25) is 0 Å². The highest BCUT2D eigenvalue weighted by atomic mass is 32.2. The van der Waals surface area contributed by atoms with Crippen LogP contribution >= 0.6 is 11.8 Å². The molecule has 2 rings (SSSR count). The maximum atomic E-state index is 8.68. The SMILES string of the molecule is COCCCn1c(SCCCC#N)nnc1-c1ccc(OC)c(OC)c1. The van der Waals surface area contributed by atoms with E-state index in [4.69, 9.17) is 19.5 Å². The number of hydrogen-bond acceptors (Lipinski definition) is 7. The maximum Gasteiger partial charge on any atom is 0.191 e. The third-order valence-corrected chi connectivity index (χ3v) is 4.81. The van der Waals surface area contributed by atoms with Gasteiger partial charge in [0, 0.05) is 38.0 Å². The number of nitriles is 1. The highest BCUT2D eigenvalue weighted by Crippen LogP contribution is 2.33. The van der Waals surface area contributed by atoms with E-state index in [1.54, 1.807) is 33.1 Å². The standard InChI is InChI=1S/C18H24N4O3S/c1-23-11-6-10-22-17(20-21-18(22)26-12-5-4-9-19)14-7-8-15(24-2)16(13-14)25-3/h7-8,13H,4-6,10-12H2,1-3H3. The van der Waals surface area contributed by atoms with Crippen LogP contribution in [0.4, 0.5) is 0 Å². The van der Waals surface area contributed by atoms with Crippen LogP contribution in [0.25, 0.3) is 11.4 Å². The quantitative estimate of drug-likeness (QED) is 0.439. The number of thioether (sulfide) groups is 1. The summed E-state index contributed by atoms with van der Waals surface area (Å²) in [5.41, 5.74) is 0.913. The fraction of sp³-hybridized carbons (Fsp3) is 0.500. The van der Waals surface area contributed by atoms with E-state index in [-0.39, 0.29) is 0 Å². The molecule has 0 atom stereocenters. The number of methoxy groups -OCH3 is 3. The first-order valence-corrected chi connectivity index (χ1v) is 9.38. The number of hydrogen-bond donors (Lipinski definition) is 0. The molecule has 140 valence electrons. The van der Waals surface area contributed by atoms with Crippen LogP contribution in [0, 0.1) is 11.3 Å². The van der Waals surface area contributed by atoms with Crippen molar-refractivity contribution in [2.24, 2.45) is 0 Å². The molecule has 0 bridgehead atoms. The molecule has 0 spiro atoms. The zero-order valence-corrected chi connectivity index (χ0v) is 16.2. The van der Waals surface area contributed by atoms with Gasteiger partial charge in [-0.2, -0.15) is 5.26 Å². The Bertz CT molecular complexity index is 743. The van der Waals surface area contributed by atoms with Gasteiger partial charge < -0.3 is 18.8 Å². The fourth-order valence-corrected chi connectivity index (χ4v) is 3.37. The van der Waals surface area contributed by atoms with Crippen molar-refractivity contribution in [2.45, 2.75) is 31.0 Å². The van der Waals surface area contributed by atoms with E-state index in [0.717, 1.165) is 41.7 Å². The molecule has 26 heavy (non-hydrogen) atoms. The molecule has 1 aromatic carbocycles. The summed E-state index contributed by atoms with van der Waals surface area (Å²) in [4.78, 5) is 0. The van der Waals surface area contributed by atoms with Crippen LogP contribution in [0.15, 0.2) is 23.4 Å². The summed E-state index contributed by atoms with van der Waals surface area (Å²) < 4.78 is 18.0. The summed E-state index contributed by atoms with van der Waals surface area (Å²) in [6, 6.07) is 7.88. The van der Waals surface area contributed by atoms with E-state index in [1.807, 2.05) is 18.2 Å². The van der Waals surface area contributed by atoms with Gasteiger partial charge in [-0.25, -0.2) is 0 Å². The molecule has 0 aliphatic rings. The maximum absolute atomic E-state index is 8.68. The first kappa shape index (κ1) is 20.1. The lowest BCUT2D eigenvalue weighted by Gasteiger charge is -2.12. The Labute approximate surface area is 158 Å². The van der Waals surface area contributed by atoms with E-state index in [0.29, 0.717) is 24.5 Å². The van der Waals surface area contributed by atoms with Gasteiger partial charge in [-0.3, -0.25) is 0 Å². The Hall–Kier alpha value is -2.24. The normalized spacial score (nSPS) is 10.5. The van der Waals surface area contributed by atoms with Gasteiger partial charge in [-0.05, 0) is 31.0 Å². The van der Waals surface area contributed by atoms with Crippen LogP contribution in [0.1, 0.15) is 19.3 Å². The van der Waals surface area contributed by atoms with Gasteiger partial charge in [0.05, 0.1) is 20.3 Å². The molecule has 0 amide bonds. The predicted octanol–water partition coefficient (Wildman–Crippen LogP) is 3.39. The largest absolute Gasteiger partial charge is 0.493 e. The Morgan fingerprint density at radius 2 is 1.92 bits per heavy atom. The predicted molar refractivity (Wildman–Crippen MR) is 101 cm³/mol. The van der Waals surface area contributed by atoms with Gasteiger partial charge in [0.25, 0.3) is 0 Å². The van der Waals surface area contributed by atoms with Crippen molar-refractivity contribution >= 4 is 11.8 Å². The minimum absolute atomic E-state index is 0.549. The Kier molecular flexibility index (Phi) is 8.25. The average molecular weight is 376 g/mol. The van der Waals surface area contributed by atoms with Crippen LogP contribution in [0.3, 0.4) is 0 Å². The summed E-state index contributed by atoms with van der Waals surface area (Å²) in [5.74, 6) is 2.94. The van der Waals surface area contributed by atoms with Gasteiger partial charge in [0.15, 0.2) is 22.5 Å². The second kappa shape index (κ2) is 10.7. The summed E-state index contributed by atoms with van der Waals surface area (Å²) in [6.45, 7) is 1.42. The monoisotopic (exact) mass is 376 g/mol. The van der Waals surface area contributed by atoms with E-state index in [1.165, 1.54) is 0 Å². The lowest BCUT2D eigenvalue weighted by atomic mass is 10.2. The van der Waals surface area contributed by atoms with Crippen LogP contribution in [-0.2, 0) is 11.3 Å². The molecule has 2 aromatic rings. The molecule has 0 unspecified atom stereocenters. The zero-order valence-electron chi connectivity index (χ0n) is 15.4. The number of aromatic nitrogens is 3. The highest BCUT2D eigenvalue weighted by Gasteiger charge is 2.16. The molecule has 0 aliphatic heterocycles. The van der Waals surface area contributed by atoms with Crippen molar-refractivity contribution < 1.29 is 14.2 Å². The first-order valence-electron chi connectivity index (χ1n) is 8.39. The first-order chi connectivity index (χ1) is 12.7. The highest BCUT2D eigenvalue weighted by molar-refractivity contribution is 7.99. The Morgan fingerprint density at radius 1 is 1.12 bits per heavy atom. The smallest absolute Gasteiger partial charge is 0.191 e. The zero-order chi connectivity index (χ0) is 18.8. The van der Waals surface area contributed by atoms with Crippen LogP contribution < -0.4 is 9.47 Å². The molecule has 0 fully saturated rings. The lowest BCUT2D eigenvalue weighted by Crippen LogP contribution is -2.05. The Balaban J connectivity index is 2.28. The van der Waals surface area contributed by atoms with Crippen LogP contribution in [0.5, 0.6) is 11.5 Å². The second-order valence-corrected chi connectivity index (χ2v) is 6.55. The fourth-order valence-electron chi connectivity index (χ4n) is 2.47. The van der Waals surface area contributed by atoms with E-state index < -0.39 is 0 Å². The van der Waals surface area contributed by atoms with E-state index in [2.05, 4.69) is 20.8 Å². The van der Waals surface area contributed by atoms with Crippen molar-refractivity contribution in [1.29, 1.82) is 5.26 Å². The molecule has 1 heterocycles. The summed E-state index contributed by atoms with van der Waals surface area (Å²) >= 11 is 1.62. The molecule has 7 nitrogen and oxygen atoms in total. The lowest BCUT2D eigenvalue weighted by molar-refractivity contribution is 0.189. The van der Waals surface area contributed by atoms with Crippen molar-refractivity contribution in [2.75, 3.05) is 33.7 Å².